The number of anilines is 1. The van der Waals surface area contributed by atoms with Crippen LogP contribution in [-0.4, -0.2) is 48.7 Å². The molecule has 2 amide bonds. The fraction of sp³-hybridized carbons (Fsp3) is 0.333. The number of nitro groups is 1. The average molecular weight is 579 g/mol. The third-order valence-corrected chi connectivity index (χ3v) is 9.22. The maximum absolute atomic E-state index is 14.0. The van der Waals surface area contributed by atoms with Crippen molar-refractivity contribution >= 4 is 33.2 Å². The number of nitrogens with zero attached hydrogens (tertiary/aromatic N) is 3. The molecule has 3 aromatic rings. The number of aryl methyl sites for hydroxylation is 1. The molecule has 41 heavy (non-hydrogen) atoms. The lowest BCUT2D eigenvalue weighted by atomic mass is 10.1. The number of amides is 2. The summed E-state index contributed by atoms with van der Waals surface area (Å²) in [5, 5.41) is 14.2. The van der Waals surface area contributed by atoms with E-state index in [0.29, 0.717) is 0 Å². The SMILES string of the molecule is Cc1ccccc1CN(C(=O)CN(c1ccc([N+](=O)[O-])cc1)S(=O)(=O)c1ccccc1)[C@H](C)C(=O)NC1CCCC1. The van der Waals surface area contributed by atoms with E-state index in [9.17, 15) is 28.1 Å². The molecular formula is C30H34N4O6S. The number of nitro benzene ring substituents is 1. The molecule has 0 aromatic heterocycles. The van der Waals surface area contributed by atoms with Crippen molar-refractivity contribution in [3.63, 3.8) is 0 Å². The number of hydrogen-bond acceptors (Lipinski definition) is 6. The van der Waals surface area contributed by atoms with E-state index in [1.54, 1.807) is 25.1 Å². The Hall–Kier alpha value is -4.25. The van der Waals surface area contributed by atoms with E-state index in [0.717, 1.165) is 41.1 Å². The molecule has 0 heterocycles. The average Bonchev–Trinajstić information content (AvgIpc) is 3.48. The number of sulfonamides is 1. The van der Waals surface area contributed by atoms with Crippen molar-refractivity contribution in [2.75, 3.05) is 10.8 Å². The minimum atomic E-state index is -4.25. The van der Waals surface area contributed by atoms with Gasteiger partial charge in [0.15, 0.2) is 0 Å². The first-order chi connectivity index (χ1) is 19.6. The van der Waals surface area contributed by atoms with Gasteiger partial charge in [0.25, 0.3) is 15.7 Å². The zero-order valence-electron chi connectivity index (χ0n) is 23.1. The van der Waals surface area contributed by atoms with E-state index >= 15 is 0 Å². The molecule has 1 fully saturated rings. The van der Waals surface area contributed by atoms with E-state index in [-0.39, 0.29) is 34.8 Å². The van der Waals surface area contributed by atoms with E-state index in [1.165, 1.54) is 41.3 Å². The molecular weight excluding hydrogens is 544 g/mol. The summed E-state index contributed by atoms with van der Waals surface area (Å²) in [4.78, 5) is 39.3. The van der Waals surface area contributed by atoms with Gasteiger partial charge in [-0.05, 0) is 62.1 Å². The lowest BCUT2D eigenvalue weighted by molar-refractivity contribution is -0.384. The summed E-state index contributed by atoms with van der Waals surface area (Å²) in [6.45, 7) is 3.04. The van der Waals surface area contributed by atoms with Crippen LogP contribution >= 0.6 is 0 Å². The van der Waals surface area contributed by atoms with Crippen LogP contribution in [-0.2, 0) is 26.2 Å². The molecule has 1 aliphatic carbocycles. The Bertz CT molecular complexity index is 1490. The van der Waals surface area contributed by atoms with Crippen LogP contribution in [0.4, 0.5) is 11.4 Å². The van der Waals surface area contributed by atoms with Crippen LogP contribution in [0.2, 0.25) is 0 Å². The fourth-order valence-electron chi connectivity index (χ4n) is 4.93. The van der Waals surface area contributed by atoms with Gasteiger partial charge in [-0.3, -0.25) is 24.0 Å². The maximum Gasteiger partial charge on any atom is 0.269 e. The monoisotopic (exact) mass is 578 g/mol. The molecule has 11 heteroatoms. The minimum Gasteiger partial charge on any atom is -0.352 e. The molecule has 0 bridgehead atoms. The van der Waals surface area contributed by atoms with Gasteiger partial charge < -0.3 is 10.2 Å². The summed E-state index contributed by atoms with van der Waals surface area (Å²) in [5.74, 6) is -0.883. The topological polar surface area (TPSA) is 130 Å². The van der Waals surface area contributed by atoms with Gasteiger partial charge in [0.05, 0.1) is 15.5 Å². The van der Waals surface area contributed by atoms with Gasteiger partial charge in [-0.15, -0.1) is 0 Å². The van der Waals surface area contributed by atoms with Gasteiger partial charge >= 0.3 is 0 Å². The van der Waals surface area contributed by atoms with Crippen molar-refractivity contribution in [3.05, 3.63) is 100 Å². The highest BCUT2D eigenvalue weighted by Crippen LogP contribution is 2.27. The van der Waals surface area contributed by atoms with Crippen LogP contribution in [0.25, 0.3) is 0 Å². The lowest BCUT2D eigenvalue weighted by Crippen LogP contribution is -2.52. The van der Waals surface area contributed by atoms with Gasteiger partial charge in [-0.25, -0.2) is 8.42 Å². The summed E-state index contributed by atoms with van der Waals surface area (Å²) < 4.78 is 28.5. The Labute approximate surface area is 240 Å². The molecule has 1 N–H and O–H groups in total. The van der Waals surface area contributed by atoms with Crippen LogP contribution in [0.3, 0.4) is 0 Å². The van der Waals surface area contributed by atoms with Crippen LogP contribution in [0, 0.1) is 17.0 Å². The van der Waals surface area contributed by atoms with Crippen LogP contribution in [0.15, 0.2) is 83.8 Å². The second kappa shape index (κ2) is 12.9. The largest absolute Gasteiger partial charge is 0.352 e. The highest BCUT2D eigenvalue weighted by Gasteiger charge is 2.33. The van der Waals surface area contributed by atoms with Crippen molar-refractivity contribution < 1.29 is 22.9 Å². The molecule has 0 spiro atoms. The Morgan fingerprint density at radius 1 is 0.976 bits per heavy atom. The Morgan fingerprint density at radius 3 is 2.20 bits per heavy atom. The second-order valence-corrected chi connectivity index (χ2v) is 12.1. The minimum absolute atomic E-state index is 0.0383. The zero-order chi connectivity index (χ0) is 29.6. The first-order valence-corrected chi connectivity index (χ1v) is 15.0. The summed E-state index contributed by atoms with van der Waals surface area (Å²) in [6, 6.07) is 19.3. The number of benzene rings is 3. The molecule has 0 radical (unpaired) electrons. The molecule has 4 rings (SSSR count). The Balaban J connectivity index is 1.70. The molecule has 0 aliphatic heterocycles. The molecule has 0 saturated heterocycles. The molecule has 1 saturated carbocycles. The number of non-ortho nitro benzene ring substituents is 1. The van der Waals surface area contributed by atoms with Gasteiger partial charge in [-0.1, -0.05) is 55.3 Å². The summed E-state index contributed by atoms with van der Waals surface area (Å²) in [7, 11) is -4.25. The standard InChI is InChI=1S/C30H34N4O6S/c1-22-10-6-7-11-24(22)20-32(23(2)30(36)31-25-12-8-9-13-25)29(35)21-33(26-16-18-27(19-17-26)34(37)38)41(39,40)28-14-4-3-5-15-28/h3-7,10-11,14-19,23,25H,8-9,12-13,20-21H2,1-2H3,(H,31,36)/t23-/m1/s1. The molecule has 216 valence electrons. The van der Waals surface area contributed by atoms with Crippen molar-refractivity contribution in [2.45, 2.75) is 63.1 Å². The number of nitrogens with one attached hydrogen (secondary N) is 1. The summed E-state index contributed by atoms with van der Waals surface area (Å²) in [6.07, 6.45) is 3.83. The Kier molecular flexibility index (Phi) is 9.38. The van der Waals surface area contributed by atoms with Crippen LogP contribution in [0.1, 0.15) is 43.7 Å². The first-order valence-electron chi connectivity index (χ1n) is 13.5. The Morgan fingerprint density at radius 2 is 1.59 bits per heavy atom. The lowest BCUT2D eigenvalue weighted by Gasteiger charge is -2.32. The van der Waals surface area contributed by atoms with Crippen LogP contribution < -0.4 is 9.62 Å². The predicted molar refractivity (Wildman–Crippen MR) is 156 cm³/mol. The number of rotatable bonds is 11. The first kappa shape index (κ1) is 29.7. The van der Waals surface area contributed by atoms with E-state index < -0.39 is 33.4 Å². The third-order valence-electron chi connectivity index (χ3n) is 7.43. The van der Waals surface area contributed by atoms with E-state index in [2.05, 4.69) is 5.32 Å². The van der Waals surface area contributed by atoms with Crippen molar-refractivity contribution in [1.82, 2.24) is 10.2 Å². The van der Waals surface area contributed by atoms with Gasteiger partial charge in [0.2, 0.25) is 11.8 Å². The predicted octanol–water partition coefficient (Wildman–Crippen LogP) is 4.57. The zero-order valence-corrected chi connectivity index (χ0v) is 23.9. The molecule has 3 aromatic carbocycles. The van der Waals surface area contributed by atoms with E-state index in [1.807, 2.05) is 31.2 Å². The molecule has 0 unspecified atom stereocenters. The number of carbonyl (C=O) groups is 2. The smallest absolute Gasteiger partial charge is 0.269 e. The second-order valence-electron chi connectivity index (χ2n) is 10.2. The molecule has 10 nitrogen and oxygen atoms in total. The molecule has 1 atom stereocenters. The summed E-state index contributed by atoms with van der Waals surface area (Å²) >= 11 is 0. The fourth-order valence-corrected chi connectivity index (χ4v) is 6.37. The van der Waals surface area contributed by atoms with Gasteiger partial charge in [0.1, 0.15) is 12.6 Å². The number of hydrogen-bond donors (Lipinski definition) is 1. The van der Waals surface area contributed by atoms with Gasteiger partial charge in [0, 0.05) is 24.7 Å². The number of carbonyl (C=O) groups excluding carboxylic acids is 2. The maximum atomic E-state index is 14.0. The van der Waals surface area contributed by atoms with Crippen molar-refractivity contribution in [1.29, 1.82) is 0 Å². The quantitative estimate of drug-likeness (QED) is 0.262. The van der Waals surface area contributed by atoms with E-state index in [4.69, 9.17) is 0 Å². The highest BCUT2D eigenvalue weighted by molar-refractivity contribution is 7.92. The third kappa shape index (κ3) is 7.10. The van der Waals surface area contributed by atoms with Gasteiger partial charge in [-0.2, -0.15) is 0 Å². The van der Waals surface area contributed by atoms with Crippen molar-refractivity contribution in [2.24, 2.45) is 0 Å². The highest BCUT2D eigenvalue weighted by atomic mass is 32.2. The molecule has 1 aliphatic rings. The normalized spacial score (nSPS) is 14.3. The van der Waals surface area contributed by atoms with Crippen LogP contribution in [0.5, 0.6) is 0 Å². The summed E-state index contributed by atoms with van der Waals surface area (Å²) in [5.41, 5.74) is 1.63. The van der Waals surface area contributed by atoms with Crippen molar-refractivity contribution in [3.8, 4) is 0 Å².